The predicted molar refractivity (Wildman–Crippen MR) is 127 cm³/mol. The maximum absolute atomic E-state index is 12.4. The van der Waals surface area contributed by atoms with Gasteiger partial charge in [-0.2, -0.15) is 0 Å². The number of pyridine rings is 1. The fourth-order valence-electron chi connectivity index (χ4n) is 3.46. The second-order valence-electron chi connectivity index (χ2n) is 7.48. The highest BCUT2D eigenvalue weighted by atomic mass is 32.2. The summed E-state index contributed by atoms with van der Waals surface area (Å²) in [5, 5.41) is 22.9. The van der Waals surface area contributed by atoms with Gasteiger partial charge in [-0.1, -0.05) is 71.1 Å². The first-order chi connectivity index (χ1) is 15.6. The van der Waals surface area contributed by atoms with Gasteiger partial charge in [-0.05, 0) is 37.1 Å². The number of rotatable bonds is 6. The fraction of sp³-hybridized carbons (Fsp3) is 0.174. The van der Waals surface area contributed by atoms with E-state index in [1.165, 1.54) is 39.6 Å². The Bertz CT molecular complexity index is 1420. The SMILES string of the molecule is Cc1ccc(CNC(=O)c2nnc(CSc3nnc4cc(C)c5ccccc5n34)s2)cc1. The van der Waals surface area contributed by atoms with Crippen LogP contribution < -0.4 is 5.32 Å². The summed E-state index contributed by atoms with van der Waals surface area (Å²) in [7, 11) is 0. The normalized spacial score (nSPS) is 11.3. The third-order valence-electron chi connectivity index (χ3n) is 5.13. The smallest absolute Gasteiger partial charge is 0.282 e. The summed E-state index contributed by atoms with van der Waals surface area (Å²) in [5.74, 6) is 0.347. The van der Waals surface area contributed by atoms with Gasteiger partial charge < -0.3 is 5.32 Å². The van der Waals surface area contributed by atoms with Crippen LogP contribution in [0.5, 0.6) is 0 Å². The predicted octanol–water partition coefficient (Wildman–Crippen LogP) is 4.57. The molecule has 3 aromatic heterocycles. The van der Waals surface area contributed by atoms with Crippen LogP contribution in [0.3, 0.4) is 0 Å². The van der Waals surface area contributed by atoms with Gasteiger partial charge in [0, 0.05) is 11.9 Å². The van der Waals surface area contributed by atoms with E-state index in [2.05, 4.69) is 49.2 Å². The molecule has 5 aromatic rings. The van der Waals surface area contributed by atoms with Crippen LogP contribution in [0.4, 0.5) is 0 Å². The molecule has 0 aliphatic rings. The quantitative estimate of drug-likeness (QED) is 0.374. The number of fused-ring (bicyclic) bond motifs is 3. The zero-order chi connectivity index (χ0) is 22.1. The number of carbonyl (C=O) groups is 1. The van der Waals surface area contributed by atoms with E-state index in [1.807, 2.05) is 49.4 Å². The zero-order valence-electron chi connectivity index (χ0n) is 17.6. The monoisotopic (exact) mass is 460 g/mol. The molecule has 0 fully saturated rings. The van der Waals surface area contributed by atoms with Crippen LogP contribution in [0.25, 0.3) is 16.6 Å². The summed E-state index contributed by atoms with van der Waals surface area (Å²) in [5.41, 5.74) is 5.29. The molecule has 1 amide bonds. The Kier molecular flexibility index (Phi) is 5.59. The van der Waals surface area contributed by atoms with E-state index in [1.54, 1.807) is 0 Å². The van der Waals surface area contributed by atoms with Crippen molar-refractivity contribution in [3.63, 3.8) is 0 Å². The van der Waals surface area contributed by atoms with Gasteiger partial charge in [0.05, 0.1) is 11.3 Å². The number of amides is 1. The van der Waals surface area contributed by atoms with E-state index >= 15 is 0 Å². The number of aromatic nitrogens is 5. The molecule has 0 radical (unpaired) electrons. The van der Waals surface area contributed by atoms with Crippen LogP contribution in [0.1, 0.15) is 31.5 Å². The molecule has 0 aliphatic heterocycles. The van der Waals surface area contributed by atoms with Crippen LogP contribution in [-0.2, 0) is 12.3 Å². The Morgan fingerprint density at radius 3 is 2.69 bits per heavy atom. The summed E-state index contributed by atoms with van der Waals surface area (Å²) in [6, 6.07) is 18.3. The first kappa shape index (κ1) is 20.6. The fourth-order valence-corrected chi connectivity index (χ4v) is 5.16. The van der Waals surface area contributed by atoms with E-state index in [0.717, 1.165) is 26.9 Å². The number of nitrogens with zero attached hydrogens (tertiary/aromatic N) is 5. The number of hydrogen-bond acceptors (Lipinski definition) is 7. The summed E-state index contributed by atoms with van der Waals surface area (Å²) in [6.45, 7) is 4.58. The Hall–Kier alpha value is -3.30. The number of thioether (sulfide) groups is 1. The minimum atomic E-state index is -0.214. The minimum absolute atomic E-state index is 0.214. The summed E-state index contributed by atoms with van der Waals surface area (Å²) < 4.78 is 2.06. The van der Waals surface area contributed by atoms with Crippen molar-refractivity contribution in [3.8, 4) is 0 Å². The molecule has 32 heavy (non-hydrogen) atoms. The maximum atomic E-state index is 12.4. The molecule has 3 heterocycles. The second kappa shape index (κ2) is 8.68. The molecule has 7 nitrogen and oxygen atoms in total. The lowest BCUT2D eigenvalue weighted by Crippen LogP contribution is -2.22. The van der Waals surface area contributed by atoms with Crippen LogP contribution >= 0.6 is 23.1 Å². The van der Waals surface area contributed by atoms with Crippen LogP contribution in [0, 0.1) is 13.8 Å². The molecular weight excluding hydrogens is 440 g/mol. The molecule has 0 saturated carbocycles. The highest BCUT2D eigenvalue weighted by Crippen LogP contribution is 2.28. The molecule has 160 valence electrons. The molecule has 0 aliphatic carbocycles. The maximum Gasteiger partial charge on any atom is 0.282 e. The number of aryl methyl sites for hydroxylation is 2. The van der Waals surface area contributed by atoms with Gasteiger partial charge in [-0.25, -0.2) is 0 Å². The standard InChI is InChI=1S/C23H20N6OS2/c1-14-7-9-16(10-8-14)12-24-21(30)22-27-26-20(32-22)13-31-23-28-25-19-11-15(2)17-5-3-4-6-18(17)29(19)23/h3-11H,12-13H2,1-2H3,(H,24,30). The molecule has 5 rings (SSSR count). The number of hydrogen-bond donors (Lipinski definition) is 1. The number of para-hydroxylation sites is 1. The van der Waals surface area contributed by atoms with E-state index in [4.69, 9.17) is 0 Å². The van der Waals surface area contributed by atoms with E-state index < -0.39 is 0 Å². The highest BCUT2D eigenvalue weighted by molar-refractivity contribution is 7.98. The lowest BCUT2D eigenvalue weighted by atomic mass is 10.1. The van der Waals surface area contributed by atoms with E-state index in [-0.39, 0.29) is 5.91 Å². The first-order valence-electron chi connectivity index (χ1n) is 10.1. The van der Waals surface area contributed by atoms with E-state index in [0.29, 0.717) is 17.3 Å². The van der Waals surface area contributed by atoms with Crippen molar-refractivity contribution in [2.45, 2.75) is 31.3 Å². The zero-order valence-corrected chi connectivity index (χ0v) is 19.2. The van der Waals surface area contributed by atoms with Crippen LogP contribution in [-0.4, -0.2) is 30.7 Å². The van der Waals surface area contributed by atoms with E-state index in [9.17, 15) is 4.79 Å². The Labute approximate surface area is 192 Å². The Balaban J connectivity index is 1.28. The molecule has 9 heteroatoms. The summed E-state index contributed by atoms with van der Waals surface area (Å²) >= 11 is 2.83. The van der Waals surface area contributed by atoms with Gasteiger partial charge >= 0.3 is 0 Å². The number of carbonyl (C=O) groups excluding carboxylic acids is 1. The van der Waals surface area contributed by atoms with Crippen LogP contribution in [0.2, 0.25) is 0 Å². The second-order valence-corrected chi connectivity index (χ2v) is 9.48. The van der Waals surface area contributed by atoms with Crippen molar-refractivity contribution in [1.29, 1.82) is 0 Å². The average molecular weight is 461 g/mol. The molecule has 0 atom stereocenters. The number of nitrogens with one attached hydrogen (secondary N) is 1. The van der Waals surface area contributed by atoms with Gasteiger partial charge in [0.25, 0.3) is 5.91 Å². The molecule has 2 aromatic carbocycles. The van der Waals surface area contributed by atoms with Crippen molar-refractivity contribution in [3.05, 3.63) is 81.3 Å². The lowest BCUT2D eigenvalue weighted by molar-refractivity contribution is 0.0950. The average Bonchev–Trinajstić information content (AvgIpc) is 3.44. The summed E-state index contributed by atoms with van der Waals surface area (Å²) in [4.78, 5) is 12.4. The molecule has 0 spiro atoms. The largest absolute Gasteiger partial charge is 0.346 e. The molecule has 0 unspecified atom stereocenters. The third kappa shape index (κ3) is 4.09. The third-order valence-corrected chi connectivity index (χ3v) is 7.18. The Morgan fingerprint density at radius 1 is 1.03 bits per heavy atom. The van der Waals surface area contributed by atoms with Gasteiger partial charge in [-0.3, -0.25) is 9.20 Å². The lowest BCUT2D eigenvalue weighted by Gasteiger charge is -2.06. The van der Waals surface area contributed by atoms with Gasteiger partial charge in [0.1, 0.15) is 5.01 Å². The van der Waals surface area contributed by atoms with Crippen LogP contribution in [0.15, 0.2) is 59.8 Å². The minimum Gasteiger partial charge on any atom is -0.346 e. The van der Waals surface area contributed by atoms with Crippen molar-refractivity contribution in [2.75, 3.05) is 0 Å². The van der Waals surface area contributed by atoms with Gasteiger partial charge in [0.15, 0.2) is 10.8 Å². The van der Waals surface area contributed by atoms with Crippen molar-refractivity contribution in [2.24, 2.45) is 0 Å². The molecular formula is C23H20N6OS2. The highest BCUT2D eigenvalue weighted by Gasteiger charge is 2.15. The molecule has 0 saturated heterocycles. The van der Waals surface area contributed by atoms with Gasteiger partial charge in [-0.15, -0.1) is 20.4 Å². The van der Waals surface area contributed by atoms with Gasteiger partial charge in [0.2, 0.25) is 5.01 Å². The summed E-state index contributed by atoms with van der Waals surface area (Å²) in [6.07, 6.45) is 0. The Morgan fingerprint density at radius 2 is 1.84 bits per heavy atom. The topological polar surface area (TPSA) is 85.1 Å². The molecule has 1 N–H and O–H groups in total. The van der Waals surface area contributed by atoms with Crippen molar-refractivity contribution < 1.29 is 4.79 Å². The van der Waals surface area contributed by atoms with Crippen molar-refractivity contribution >= 4 is 45.6 Å². The molecule has 0 bridgehead atoms. The first-order valence-corrected chi connectivity index (χ1v) is 11.9. The number of benzene rings is 2. The van der Waals surface area contributed by atoms with Crippen molar-refractivity contribution in [1.82, 2.24) is 30.1 Å².